The van der Waals surface area contributed by atoms with E-state index in [1.807, 2.05) is 11.5 Å². The molecule has 16 heavy (non-hydrogen) atoms. The number of carbonyl (C=O) groups is 1. The summed E-state index contributed by atoms with van der Waals surface area (Å²) < 4.78 is 1.81. The largest absolute Gasteiger partial charge is 0.397 e. The number of nitrogens with two attached hydrogens (primary N) is 2. The van der Waals surface area contributed by atoms with Gasteiger partial charge in [0.25, 0.3) is 0 Å². The minimum Gasteiger partial charge on any atom is -0.397 e. The Morgan fingerprint density at radius 1 is 1.44 bits per heavy atom. The number of nitrogens with zero attached hydrogens (tertiary/aromatic N) is 2. The van der Waals surface area contributed by atoms with Crippen molar-refractivity contribution in [1.29, 1.82) is 0 Å². The third-order valence-electron chi connectivity index (χ3n) is 2.40. The van der Waals surface area contributed by atoms with Crippen LogP contribution in [0.2, 0.25) is 0 Å². The number of amides is 1. The summed E-state index contributed by atoms with van der Waals surface area (Å²) in [5, 5.41) is 0. The summed E-state index contributed by atoms with van der Waals surface area (Å²) in [6.07, 6.45) is 3.46. The van der Waals surface area contributed by atoms with E-state index in [1.165, 1.54) is 0 Å². The van der Waals surface area contributed by atoms with Crippen molar-refractivity contribution in [2.75, 3.05) is 5.73 Å². The first-order chi connectivity index (χ1) is 7.59. The van der Waals surface area contributed by atoms with E-state index in [0.717, 1.165) is 5.82 Å². The normalized spacial score (nSPS) is 10.3. The van der Waals surface area contributed by atoms with Gasteiger partial charge in [0.2, 0.25) is 5.91 Å². The molecule has 0 radical (unpaired) electrons. The predicted molar refractivity (Wildman–Crippen MR) is 61.2 cm³/mol. The van der Waals surface area contributed by atoms with E-state index < -0.39 is 5.91 Å². The average molecular weight is 216 g/mol. The molecule has 5 nitrogen and oxygen atoms in total. The predicted octanol–water partition coefficient (Wildman–Crippen LogP) is 0.862. The first kappa shape index (κ1) is 10.2. The minimum atomic E-state index is -0.473. The molecule has 1 aromatic heterocycles. The molecule has 2 rings (SSSR count). The second-order valence-corrected chi connectivity index (χ2v) is 3.48. The topological polar surface area (TPSA) is 86.9 Å². The van der Waals surface area contributed by atoms with Crippen molar-refractivity contribution >= 4 is 11.6 Å². The highest BCUT2D eigenvalue weighted by Crippen LogP contribution is 2.20. The number of imidazole rings is 1. The molecule has 2 aromatic rings. The van der Waals surface area contributed by atoms with Gasteiger partial charge in [-0.3, -0.25) is 4.79 Å². The fourth-order valence-electron chi connectivity index (χ4n) is 1.54. The smallest absolute Gasteiger partial charge is 0.248 e. The number of carbonyl (C=O) groups excluding carboxylic acids is 1. The van der Waals surface area contributed by atoms with Crippen LogP contribution in [0.5, 0.6) is 0 Å². The second-order valence-electron chi connectivity index (χ2n) is 3.48. The molecule has 4 N–H and O–H groups in total. The van der Waals surface area contributed by atoms with Gasteiger partial charge in [0.15, 0.2) is 0 Å². The van der Waals surface area contributed by atoms with Crippen molar-refractivity contribution in [3.8, 4) is 5.69 Å². The number of nitrogen functional groups attached to an aromatic ring is 1. The third-order valence-corrected chi connectivity index (χ3v) is 2.40. The highest BCUT2D eigenvalue weighted by molar-refractivity contribution is 5.94. The van der Waals surface area contributed by atoms with Crippen molar-refractivity contribution in [2.24, 2.45) is 5.73 Å². The molecule has 1 amide bonds. The van der Waals surface area contributed by atoms with Crippen molar-refractivity contribution in [3.63, 3.8) is 0 Å². The maximum atomic E-state index is 11.1. The molecule has 0 atom stereocenters. The summed E-state index contributed by atoms with van der Waals surface area (Å²) in [6.45, 7) is 1.86. The summed E-state index contributed by atoms with van der Waals surface area (Å²) in [7, 11) is 0. The third kappa shape index (κ3) is 1.63. The number of aryl methyl sites for hydroxylation is 1. The van der Waals surface area contributed by atoms with Gasteiger partial charge in [-0.2, -0.15) is 0 Å². The lowest BCUT2D eigenvalue weighted by atomic mass is 10.1. The molecule has 0 aliphatic carbocycles. The Morgan fingerprint density at radius 2 is 2.19 bits per heavy atom. The minimum absolute atomic E-state index is 0.428. The average Bonchev–Trinajstić information content (AvgIpc) is 2.65. The molecular formula is C11H12N4O. The number of aromatic nitrogens is 2. The molecule has 1 aromatic carbocycles. The van der Waals surface area contributed by atoms with Crippen LogP contribution in [0.3, 0.4) is 0 Å². The van der Waals surface area contributed by atoms with Crippen LogP contribution in [-0.4, -0.2) is 15.5 Å². The number of anilines is 1. The van der Waals surface area contributed by atoms with E-state index in [-0.39, 0.29) is 0 Å². The van der Waals surface area contributed by atoms with Crippen molar-refractivity contribution in [3.05, 3.63) is 42.0 Å². The molecule has 0 saturated heterocycles. The van der Waals surface area contributed by atoms with E-state index in [4.69, 9.17) is 11.5 Å². The summed E-state index contributed by atoms with van der Waals surface area (Å²) in [5.74, 6) is 0.326. The summed E-state index contributed by atoms with van der Waals surface area (Å²) in [6, 6.07) is 4.93. The van der Waals surface area contributed by atoms with Crippen LogP contribution in [0.1, 0.15) is 16.2 Å². The Kier molecular flexibility index (Phi) is 2.36. The Balaban J connectivity index is 2.60. The zero-order chi connectivity index (χ0) is 11.7. The maximum Gasteiger partial charge on any atom is 0.248 e. The summed E-state index contributed by atoms with van der Waals surface area (Å²) >= 11 is 0. The first-order valence-electron chi connectivity index (χ1n) is 4.79. The fourth-order valence-corrected chi connectivity index (χ4v) is 1.54. The molecule has 0 unspecified atom stereocenters. The number of hydrogen-bond donors (Lipinski definition) is 2. The van der Waals surface area contributed by atoms with E-state index in [1.54, 1.807) is 30.6 Å². The van der Waals surface area contributed by atoms with Gasteiger partial charge in [0.1, 0.15) is 5.82 Å². The van der Waals surface area contributed by atoms with E-state index in [9.17, 15) is 4.79 Å². The van der Waals surface area contributed by atoms with Gasteiger partial charge in [-0.15, -0.1) is 0 Å². The monoisotopic (exact) mass is 216 g/mol. The number of benzene rings is 1. The lowest BCUT2D eigenvalue weighted by Crippen LogP contribution is -2.12. The summed E-state index contributed by atoms with van der Waals surface area (Å²) in [4.78, 5) is 15.2. The van der Waals surface area contributed by atoms with Crippen molar-refractivity contribution < 1.29 is 4.79 Å². The van der Waals surface area contributed by atoms with E-state index >= 15 is 0 Å². The van der Waals surface area contributed by atoms with Gasteiger partial charge in [0, 0.05) is 18.0 Å². The Hall–Kier alpha value is -2.30. The number of rotatable bonds is 2. The first-order valence-corrected chi connectivity index (χ1v) is 4.79. The Labute approximate surface area is 92.7 Å². The van der Waals surface area contributed by atoms with Crippen LogP contribution in [0.25, 0.3) is 5.69 Å². The highest BCUT2D eigenvalue weighted by atomic mass is 16.1. The lowest BCUT2D eigenvalue weighted by molar-refractivity contribution is 0.100. The van der Waals surface area contributed by atoms with Crippen LogP contribution in [0, 0.1) is 6.92 Å². The van der Waals surface area contributed by atoms with Crippen molar-refractivity contribution in [2.45, 2.75) is 6.92 Å². The van der Waals surface area contributed by atoms with Gasteiger partial charge in [-0.1, -0.05) is 0 Å². The standard InChI is InChI=1S/C11H12N4O/c1-7-14-4-5-15(7)10-6-8(11(13)16)2-3-9(10)12/h2-6H,12H2,1H3,(H2,13,16). The van der Waals surface area contributed by atoms with Gasteiger partial charge in [0.05, 0.1) is 11.4 Å². The number of hydrogen-bond acceptors (Lipinski definition) is 3. The zero-order valence-electron chi connectivity index (χ0n) is 8.84. The molecule has 1 heterocycles. The molecule has 0 bridgehead atoms. The molecule has 0 aliphatic rings. The Morgan fingerprint density at radius 3 is 2.75 bits per heavy atom. The van der Waals surface area contributed by atoms with Gasteiger partial charge in [-0.05, 0) is 25.1 Å². The van der Waals surface area contributed by atoms with Crippen LogP contribution in [0.15, 0.2) is 30.6 Å². The van der Waals surface area contributed by atoms with Gasteiger partial charge < -0.3 is 16.0 Å². The second kappa shape index (κ2) is 3.69. The molecular weight excluding hydrogens is 204 g/mol. The number of primary amides is 1. The Bertz CT molecular complexity index is 545. The van der Waals surface area contributed by atoms with Gasteiger partial charge >= 0.3 is 0 Å². The van der Waals surface area contributed by atoms with Crippen LogP contribution >= 0.6 is 0 Å². The highest BCUT2D eigenvalue weighted by Gasteiger charge is 2.08. The molecule has 0 fully saturated rings. The van der Waals surface area contributed by atoms with Crippen molar-refractivity contribution in [1.82, 2.24) is 9.55 Å². The summed E-state index contributed by atoms with van der Waals surface area (Å²) in [5.41, 5.74) is 12.8. The van der Waals surface area contributed by atoms with Gasteiger partial charge in [-0.25, -0.2) is 4.98 Å². The van der Waals surface area contributed by atoms with Crippen LogP contribution in [-0.2, 0) is 0 Å². The van der Waals surface area contributed by atoms with Crippen LogP contribution in [0.4, 0.5) is 5.69 Å². The van der Waals surface area contributed by atoms with E-state index in [0.29, 0.717) is 16.9 Å². The zero-order valence-corrected chi connectivity index (χ0v) is 8.84. The molecule has 0 spiro atoms. The maximum absolute atomic E-state index is 11.1. The molecule has 0 saturated carbocycles. The fraction of sp³-hybridized carbons (Fsp3) is 0.0909. The quantitative estimate of drug-likeness (QED) is 0.730. The molecule has 82 valence electrons. The molecule has 5 heteroatoms. The lowest BCUT2D eigenvalue weighted by Gasteiger charge is -2.09. The van der Waals surface area contributed by atoms with Crippen LogP contribution < -0.4 is 11.5 Å². The van der Waals surface area contributed by atoms with E-state index in [2.05, 4.69) is 4.98 Å². The molecule has 0 aliphatic heterocycles. The SMILES string of the molecule is Cc1nccn1-c1cc(C(N)=O)ccc1N.